The number of piperidine rings is 1. The van der Waals surface area contributed by atoms with Gasteiger partial charge in [-0.05, 0) is 31.0 Å². The molecule has 4 nitrogen and oxygen atoms in total. The number of carbonyl (C=O) groups excluding carboxylic acids is 1. The minimum atomic E-state index is 0.0242. The van der Waals surface area contributed by atoms with E-state index in [-0.39, 0.29) is 5.91 Å². The monoisotopic (exact) mass is 331 g/mol. The average Bonchev–Trinajstić information content (AvgIpc) is 3.24. The summed E-state index contributed by atoms with van der Waals surface area (Å²) < 4.78 is 0.910. The summed E-state index contributed by atoms with van der Waals surface area (Å²) in [5.41, 5.74) is 0. The lowest BCUT2D eigenvalue weighted by Gasteiger charge is -2.22. The van der Waals surface area contributed by atoms with Gasteiger partial charge in [0, 0.05) is 24.0 Å². The average molecular weight is 331 g/mol. The molecule has 2 bridgehead atoms. The van der Waals surface area contributed by atoms with E-state index in [0.29, 0.717) is 16.8 Å². The number of hydrogen-bond acceptors (Lipinski definition) is 5. The maximum absolute atomic E-state index is 12.4. The maximum atomic E-state index is 12.4. The molecular weight excluding hydrogens is 314 g/mol. The quantitative estimate of drug-likeness (QED) is 0.936. The fraction of sp³-hybridized carbons (Fsp3) is 0.375. The number of amides is 1. The highest BCUT2D eigenvalue weighted by Crippen LogP contribution is 2.32. The summed E-state index contributed by atoms with van der Waals surface area (Å²) in [5.74, 6) is 0.659. The SMILES string of the molecule is O=C(N[C@H]1CN2CC[C@H]1C2)c1cnc(Sc2ccccc2)s1. The molecule has 3 atom stereocenters. The Morgan fingerprint density at radius 1 is 1.32 bits per heavy atom. The lowest BCUT2D eigenvalue weighted by molar-refractivity contribution is 0.0928. The summed E-state index contributed by atoms with van der Waals surface area (Å²) in [5, 5.41) is 3.18. The van der Waals surface area contributed by atoms with E-state index in [0.717, 1.165) is 22.3 Å². The van der Waals surface area contributed by atoms with Gasteiger partial charge in [-0.3, -0.25) is 4.79 Å². The van der Waals surface area contributed by atoms with Crippen molar-refractivity contribution in [1.29, 1.82) is 0 Å². The molecule has 1 aromatic carbocycles. The van der Waals surface area contributed by atoms with Gasteiger partial charge in [0.1, 0.15) is 4.88 Å². The van der Waals surface area contributed by atoms with E-state index < -0.39 is 0 Å². The van der Waals surface area contributed by atoms with Crippen LogP contribution in [0.15, 0.2) is 45.8 Å². The lowest BCUT2D eigenvalue weighted by Crippen LogP contribution is -2.42. The number of thiazole rings is 1. The van der Waals surface area contributed by atoms with Gasteiger partial charge in [-0.15, -0.1) is 11.3 Å². The number of rotatable bonds is 4. The fourth-order valence-corrected chi connectivity index (χ4v) is 5.06. The normalized spacial score (nSPS) is 26.3. The van der Waals surface area contributed by atoms with Gasteiger partial charge < -0.3 is 10.2 Å². The van der Waals surface area contributed by atoms with Gasteiger partial charge in [-0.25, -0.2) is 4.98 Å². The molecule has 6 heteroatoms. The second-order valence-electron chi connectivity index (χ2n) is 5.79. The van der Waals surface area contributed by atoms with Crippen LogP contribution in [-0.4, -0.2) is 41.5 Å². The van der Waals surface area contributed by atoms with Gasteiger partial charge >= 0.3 is 0 Å². The van der Waals surface area contributed by atoms with Gasteiger partial charge in [0.15, 0.2) is 4.34 Å². The van der Waals surface area contributed by atoms with Crippen molar-refractivity contribution in [3.8, 4) is 0 Å². The van der Waals surface area contributed by atoms with Gasteiger partial charge in [0.2, 0.25) is 0 Å². The molecule has 1 amide bonds. The first-order chi connectivity index (χ1) is 10.8. The van der Waals surface area contributed by atoms with Crippen LogP contribution in [0.2, 0.25) is 0 Å². The number of aromatic nitrogens is 1. The number of fused-ring (bicyclic) bond motifs is 2. The molecular formula is C16H17N3OS2. The molecule has 0 aliphatic carbocycles. The predicted octanol–water partition coefficient (Wildman–Crippen LogP) is 2.73. The summed E-state index contributed by atoms with van der Waals surface area (Å²) in [4.78, 5) is 21.0. The zero-order valence-corrected chi connectivity index (χ0v) is 13.7. The highest BCUT2D eigenvalue weighted by molar-refractivity contribution is 8.01. The summed E-state index contributed by atoms with van der Waals surface area (Å²) in [7, 11) is 0. The van der Waals surface area contributed by atoms with Crippen LogP contribution in [0.3, 0.4) is 0 Å². The van der Waals surface area contributed by atoms with Crippen molar-refractivity contribution in [1.82, 2.24) is 15.2 Å². The molecule has 2 aliphatic heterocycles. The largest absolute Gasteiger partial charge is 0.347 e. The number of nitrogens with zero attached hydrogens (tertiary/aromatic N) is 2. The molecule has 1 unspecified atom stereocenters. The van der Waals surface area contributed by atoms with Gasteiger partial charge in [-0.2, -0.15) is 0 Å². The Kier molecular flexibility index (Phi) is 3.90. The molecule has 3 heterocycles. The maximum Gasteiger partial charge on any atom is 0.263 e. The zero-order chi connectivity index (χ0) is 14.9. The van der Waals surface area contributed by atoms with E-state index in [1.807, 2.05) is 18.2 Å². The van der Waals surface area contributed by atoms with Crippen molar-refractivity contribution in [2.24, 2.45) is 5.92 Å². The topological polar surface area (TPSA) is 45.2 Å². The third-order valence-electron chi connectivity index (χ3n) is 4.31. The second kappa shape index (κ2) is 6.02. The van der Waals surface area contributed by atoms with E-state index >= 15 is 0 Å². The van der Waals surface area contributed by atoms with Gasteiger partial charge in [0.25, 0.3) is 5.91 Å². The number of nitrogens with one attached hydrogen (secondary N) is 1. The Balaban J connectivity index is 1.39. The summed E-state index contributed by atoms with van der Waals surface area (Å²) in [6.07, 6.45) is 2.90. The first kappa shape index (κ1) is 14.2. The Morgan fingerprint density at radius 2 is 2.18 bits per heavy atom. The summed E-state index contributed by atoms with van der Waals surface area (Å²) in [6.45, 7) is 3.33. The van der Waals surface area contributed by atoms with Gasteiger partial charge in [-0.1, -0.05) is 30.0 Å². The Hall–Kier alpha value is -1.37. The Bertz CT molecular complexity index is 673. The zero-order valence-electron chi connectivity index (χ0n) is 12.1. The van der Waals surface area contributed by atoms with E-state index in [2.05, 4.69) is 27.3 Å². The Morgan fingerprint density at radius 3 is 2.91 bits per heavy atom. The van der Waals surface area contributed by atoms with E-state index in [1.165, 1.54) is 24.3 Å². The summed E-state index contributed by atoms with van der Waals surface area (Å²) >= 11 is 3.07. The minimum Gasteiger partial charge on any atom is -0.347 e. The molecule has 2 saturated heterocycles. The third-order valence-corrected chi connectivity index (χ3v) is 6.38. The van der Waals surface area contributed by atoms with Crippen LogP contribution in [0.5, 0.6) is 0 Å². The van der Waals surface area contributed by atoms with Crippen LogP contribution in [0, 0.1) is 5.92 Å². The standard InChI is InChI=1S/C16H17N3OS2/c20-15(18-13-10-19-7-6-11(13)9-19)14-8-17-16(22-14)21-12-4-2-1-3-5-12/h1-5,8,11,13H,6-7,9-10H2,(H,18,20)/t11-,13-/m0/s1. The van der Waals surface area contributed by atoms with Crippen LogP contribution >= 0.6 is 23.1 Å². The molecule has 1 aromatic heterocycles. The van der Waals surface area contributed by atoms with Gasteiger partial charge in [0.05, 0.1) is 6.20 Å². The molecule has 2 aliphatic rings. The van der Waals surface area contributed by atoms with E-state index in [9.17, 15) is 4.79 Å². The van der Waals surface area contributed by atoms with Crippen molar-refractivity contribution in [3.63, 3.8) is 0 Å². The van der Waals surface area contributed by atoms with Crippen molar-refractivity contribution < 1.29 is 4.79 Å². The van der Waals surface area contributed by atoms with Crippen LogP contribution in [-0.2, 0) is 0 Å². The molecule has 2 fully saturated rings. The molecule has 22 heavy (non-hydrogen) atoms. The van der Waals surface area contributed by atoms with Crippen LogP contribution in [0.1, 0.15) is 16.1 Å². The first-order valence-corrected chi connectivity index (χ1v) is 9.13. The van der Waals surface area contributed by atoms with Crippen LogP contribution < -0.4 is 5.32 Å². The fourth-order valence-electron chi connectivity index (χ4n) is 3.19. The van der Waals surface area contributed by atoms with Crippen molar-refractivity contribution in [3.05, 3.63) is 41.4 Å². The van der Waals surface area contributed by atoms with Crippen molar-refractivity contribution >= 4 is 29.0 Å². The lowest BCUT2D eigenvalue weighted by atomic mass is 10.00. The number of hydrogen-bond donors (Lipinski definition) is 1. The highest BCUT2D eigenvalue weighted by atomic mass is 32.2. The third kappa shape index (κ3) is 2.91. The van der Waals surface area contributed by atoms with Crippen molar-refractivity contribution in [2.45, 2.75) is 21.7 Å². The first-order valence-electron chi connectivity index (χ1n) is 7.50. The number of benzene rings is 1. The molecule has 0 saturated carbocycles. The van der Waals surface area contributed by atoms with Crippen LogP contribution in [0.4, 0.5) is 0 Å². The predicted molar refractivity (Wildman–Crippen MR) is 88.5 cm³/mol. The van der Waals surface area contributed by atoms with Crippen molar-refractivity contribution in [2.75, 3.05) is 19.6 Å². The van der Waals surface area contributed by atoms with E-state index in [1.54, 1.807) is 18.0 Å². The molecule has 1 N–H and O–H groups in total. The molecule has 4 rings (SSSR count). The Labute approximate surface area is 137 Å². The molecule has 0 spiro atoms. The highest BCUT2D eigenvalue weighted by Gasteiger charge is 2.38. The smallest absolute Gasteiger partial charge is 0.263 e. The molecule has 2 aromatic rings. The summed E-state index contributed by atoms with van der Waals surface area (Å²) in [6, 6.07) is 10.4. The van der Waals surface area contributed by atoms with E-state index in [4.69, 9.17) is 0 Å². The molecule has 114 valence electrons. The van der Waals surface area contributed by atoms with Crippen LogP contribution in [0.25, 0.3) is 0 Å². The second-order valence-corrected chi connectivity index (χ2v) is 8.15. The molecule has 0 radical (unpaired) electrons. The number of carbonyl (C=O) groups is 1. The minimum absolute atomic E-state index is 0.0242.